The fraction of sp³-hybridized carbons (Fsp3) is 0.577. The van der Waals surface area contributed by atoms with Crippen molar-refractivity contribution in [1.29, 1.82) is 0 Å². The number of carbonyl (C=O) groups is 1. The fourth-order valence-corrected chi connectivity index (χ4v) is 4.08. The van der Waals surface area contributed by atoms with Gasteiger partial charge in [-0.15, -0.1) is 0 Å². The third-order valence-electron chi connectivity index (χ3n) is 5.74. The van der Waals surface area contributed by atoms with Gasteiger partial charge >= 0.3 is 5.97 Å². The molecule has 1 fully saturated rings. The van der Waals surface area contributed by atoms with Gasteiger partial charge in [-0.05, 0) is 57.4 Å². The number of benzene rings is 1. The van der Waals surface area contributed by atoms with E-state index in [1.54, 1.807) is 6.08 Å². The van der Waals surface area contributed by atoms with E-state index < -0.39 is 18.3 Å². The molecule has 1 aromatic carbocycles. The van der Waals surface area contributed by atoms with E-state index in [9.17, 15) is 20.1 Å². The predicted octanol–water partition coefficient (Wildman–Crippen LogP) is 3.96. The van der Waals surface area contributed by atoms with Crippen LogP contribution in [-0.2, 0) is 16.0 Å². The number of esters is 1. The monoisotopic (exact) mass is 430 g/mol. The molecule has 5 atom stereocenters. The quantitative estimate of drug-likeness (QED) is 0.265. The van der Waals surface area contributed by atoms with E-state index in [2.05, 4.69) is 0 Å². The Morgan fingerprint density at radius 1 is 1.16 bits per heavy atom. The Hall–Kier alpha value is -1.95. The Kier molecular flexibility index (Phi) is 11.0. The highest BCUT2D eigenvalue weighted by molar-refractivity contribution is 5.69. The molecule has 1 aromatic rings. The Balaban J connectivity index is 1.77. The minimum Gasteiger partial charge on any atom is -0.463 e. The molecule has 2 rings (SSSR count). The molecule has 1 saturated carbocycles. The standard InChI is InChI=1S/C26H38O5/c1-19(2)31-26(30)13-9-4-3-8-12-22-23(25(29)18-24(22)28)17-16-21(27)15-14-20-10-6-5-7-11-20/h3,5-8,10-11,16-17,19,21-25,27-29H,4,9,12-15,18H2,1-2H3/b8-3-,17-16+. The molecule has 31 heavy (non-hydrogen) atoms. The molecule has 5 nitrogen and oxygen atoms in total. The van der Waals surface area contributed by atoms with Crippen molar-refractivity contribution < 1.29 is 24.9 Å². The Morgan fingerprint density at radius 2 is 1.90 bits per heavy atom. The second-order valence-electron chi connectivity index (χ2n) is 8.73. The SMILES string of the molecule is CC(C)OC(=O)CCC/C=C\CC1C(O)CC(O)C1/C=C/C(O)CCc1ccccc1. The minimum absolute atomic E-state index is 0.0743. The summed E-state index contributed by atoms with van der Waals surface area (Å²) in [6.07, 6.45) is 10.2. The van der Waals surface area contributed by atoms with Gasteiger partial charge in [0.2, 0.25) is 0 Å². The normalized spacial score (nSPS) is 25.0. The van der Waals surface area contributed by atoms with Crippen molar-refractivity contribution >= 4 is 5.97 Å². The lowest BCUT2D eigenvalue weighted by Crippen LogP contribution is -2.20. The number of aryl methyl sites for hydroxylation is 1. The summed E-state index contributed by atoms with van der Waals surface area (Å²) in [6.45, 7) is 3.68. The van der Waals surface area contributed by atoms with Crippen molar-refractivity contribution in [3.05, 3.63) is 60.2 Å². The number of allylic oxidation sites excluding steroid dienone is 2. The number of aliphatic hydroxyl groups excluding tert-OH is 3. The van der Waals surface area contributed by atoms with Crippen LogP contribution in [-0.4, -0.2) is 45.7 Å². The van der Waals surface area contributed by atoms with E-state index in [-0.39, 0.29) is 23.9 Å². The minimum atomic E-state index is -0.600. The van der Waals surface area contributed by atoms with Crippen LogP contribution in [0.5, 0.6) is 0 Å². The van der Waals surface area contributed by atoms with Gasteiger partial charge in [0, 0.05) is 18.8 Å². The lowest BCUT2D eigenvalue weighted by Gasteiger charge is -2.19. The number of hydrogen-bond acceptors (Lipinski definition) is 5. The molecule has 1 aliphatic rings. The van der Waals surface area contributed by atoms with Crippen LogP contribution in [0.2, 0.25) is 0 Å². The van der Waals surface area contributed by atoms with Gasteiger partial charge in [-0.2, -0.15) is 0 Å². The molecule has 0 radical (unpaired) electrons. The summed E-state index contributed by atoms with van der Waals surface area (Å²) in [5, 5.41) is 31.0. The smallest absolute Gasteiger partial charge is 0.306 e. The summed E-state index contributed by atoms with van der Waals surface area (Å²) in [5.74, 6) is -0.421. The summed E-state index contributed by atoms with van der Waals surface area (Å²) in [6, 6.07) is 10.0. The molecule has 0 amide bonds. The largest absolute Gasteiger partial charge is 0.463 e. The molecule has 5 unspecified atom stereocenters. The fourth-order valence-electron chi connectivity index (χ4n) is 4.08. The van der Waals surface area contributed by atoms with E-state index in [0.717, 1.165) is 19.3 Å². The number of rotatable bonds is 12. The molecule has 172 valence electrons. The molecule has 0 aliphatic heterocycles. The van der Waals surface area contributed by atoms with Crippen molar-refractivity contribution in [1.82, 2.24) is 0 Å². The van der Waals surface area contributed by atoms with Gasteiger partial charge in [0.15, 0.2) is 0 Å². The van der Waals surface area contributed by atoms with Crippen LogP contribution in [0.15, 0.2) is 54.6 Å². The molecule has 3 N–H and O–H groups in total. The number of carbonyl (C=O) groups excluding carboxylic acids is 1. The average molecular weight is 431 g/mol. The van der Waals surface area contributed by atoms with Crippen LogP contribution in [0.3, 0.4) is 0 Å². The molecule has 1 aliphatic carbocycles. The van der Waals surface area contributed by atoms with Crippen molar-refractivity contribution in [3.8, 4) is 0 Å². The zero-order valence-corrected chi connectivity index (χ0v) is 18.8. The molecular weight excluding hydrogens is 392 g/mol. The Bertz CT molecular complexity index is 697. The molecule has 0 bridgehead atoms. The second kappa shape index (κ2) is 13.5. The van der Waals surface area contributed by atoms with E-state index in [1.165, 1.54) is 5.56 Å². The van der Waals surface area contributed by atoms with Crippen LogP contribution >= 0.6 is 0 Å². The van der Waals surface area contributed by atoms with Crippen molar-refractivity contribution in [2.45, 2.75) is 83.2 Å². The third-order valence-corrected chi connectivity index (χ3v) is 5.74. The third kappa shape index (κ3) is 9.38. The summed E-state index contributed by atoms with van der Waals surface area (Å²) < 4.78 is 5.11. The van der Waals surface area contributed by atoms with Gasteiger partial charge in [-0.1, -0.05) is 54.6 Å². The first-order chi connectivity index (χ1) is 14.9. The lowest BCUT2D eigenvalue weighted by molar-refractivity contribution is -0.147. The summed E-state index contributed by atoms with van der Waals surface area (Å²) in [4.78, 5) is 11.5. The number of ether oxygens (including phenoxy) is 1. The van der Waals surface area contributed by atoms with Gasteiger partial charge in [0.1, 0.15) is 0 Å². The van der Waals surface area contributed by atoms with Crippen LogP contribution in [0, 0.1) is 11.8 Å². The van der Waals surface area contributed by atoms with Crippen LogP contribution in [0.4, 0.5) is 0 Å². The van der Waals surface area contributed by atoms with E-state index >= 15 is 0 Å². The second-order valence-corrected chi connectivity index (χ2v) is 8.73. The van der Waals surface area contributed by atoms with Crippen LogP contribution in [0.25, 0.3) is 0 Å². The van der Waals surface area contributed by atoms with Crippen LogP contribution < -0.4 is 0 Å². The molecule has 5 heteroatoms. The van der Waals surface area contributed by atoms with Crippen molar-refractivity contribution in [2.75, 3.05) is 0 Å². The topological polar surface area (TPSA) is 87.0 Å². The molecular formula is C26H38O5. The number of aliphatic hydroxyl groups is 3. The first kappa shape index (κ1) is 25.3. The van der Waals surface area contributed by atoms with Gasteiger partial charge in [0.25, 0.3) is 0 Å². The molecule has 0 spiro atoms. The van der Waals surface area contributed by atoms with Crippen molar-refractivity contribution in [2.24, 2.45) is 11.8 Å². The lowest BCUT2D eigenvalue weighted by atomic mass is 9.89. The van der Waals surface area contributed by atoms with E-state index in [0.29, 0.717) is 25.7 Å². The maximum absolute atomic E-state index is 11.5. The highest BCUT2D eigenvalue weighted by Gasteiger charge is 2.39. The Labute approximate surface area is 186 Å². The zero-order chi connectivity index (χ0) is 22.6. The summed E-state index contributed by atoms with van der Waals surface area (Å²) in [7, 11) is 0. The molecule has 0 saturated heterocycles. The predicted molar refractivity (Wildman–Crippen MR) is 122 cm³/mol. The van der Waals surface area contributed by atoms with Crippen LogP contribution in [0.1, 0.15) is 57.9 Å². The van der Waals surface area contributed by atoms with Gasteiger partial charge in [0.05, 0.1) is 24.4 Å². The van der Waals surface area contributed by atoms with E-state index in [1.807, 2.05) is 62.4 Å². The van der Waals surface area contributed by atoms with Crippen molar-refractivity contribution in [3.63, 3.8) is 0 Å². The van der Waals surface area contributed by atoms with Gasteiger partial charge in [-0.3, -0.25) is 4.79 Å². The average Bonchev–Trinajstić information content (AvgIpc) is 3.00. The first-order valence-corrected chi connectivity index (χ1v) is 11.5. The molecule has 0 aromatic heterocycles. The maximum atomic E-state index is 11.5. The maximum Gasteiger partial charge on any atom is 0.306 e. The summed E-state index contributed by atoms with van der Waals surface area (Å²) in [5.41, 5.74) is 1.19. The summed E-state index contributed by atoms with van der Waals surface area (Å²) >= 11 is 0. The highest BCUT2D eigenvalue weighted by atomic mass is 16.5. The van der Waals surface area contributed by atoms with Gasteiger partial charge in [-0.25, -0.2) is 0 Å². The number of hydrogen-bond donors (Lipinski definition) is 3. The molecule has 0 heterocycles. The van der Waals surface area contributed by atoms with Gasteiger partial charge < -0.3 is 20.1 Å². The van der Waals surface area contributed by atoms with E-state index in [4.69, 9.17) is 4.74 Å². The zero-order valence-electron chi connectivity index (χ0n) is 18.8. The highest BCUT2D eigenvalue weighted by Crippen LogP contribution is 2.36. The Morgan fingerprint density at radius 3 is 2.61 bits per heavy atom. The number of unbranched alkanes of at least 4 members (excludes halogenated alkanes) is 1. The first-order valence-electron chi connectivity index (χ1n) is 11.5.